The van der Waals surface area contributed by atoms with Gasteiger partial charge in [0.25, 0.3) is 0 Å². The average Bonchev–Trinajstić information content (AvgIpc) is 3.09. The van der Waals surface area contributed by atoms with Gasteiger partial charge in [0.2, 0.25) is 0 Å². The van der Waals surface area contributed by atoms with E-state index in [-0.39, 0.29) is 0 Å². The van der Waals surface area contributed by atoms with Crippen molar-refractivity contribution >= 4 is 11.6 Å². The first-order valence-electron chi connectivity index (χ1n) is 9.59. The zero-order valence-electron chi connectivity index (χ0n) is 16.4. The smallest absolute Gasteiger partial charge is 0.191 e. The molecule has 1 unspecified atom stereocenters. The van der Waals surface area contributed by atoms with E-state index >= 15 is 0 Å². The number of anilines is 1. The molecule has 5 heteroatoms. The van der Waals surface area contributed by atoms with E-state index in [0.717, 1.165) is 38.4 Å². The predicted molar refractivity (Wildman–Crippen MR) is 109 cm³/mol. The molecule has 0 aromatic heterocycles. The Morgan fingerprint density at radius 3 is 2.64 bits per heavy atom. The van der Waals surface area contributed by atoms with Gasteiger partial charge in [-0.05, 0) is 56.5 Å². The van der Waals surface area contributed by atoms with E-state index in [1.807, 2.05) is 7.05 Å². The summed E-state index contributed by atoms with van der Waals surface area (Å²) in [6.07, 6.45) is 4.80. The number of nitrogens with zero attached hydrogens (tertiary/aromatic N) is 3. The van der Waals surface area contributed by atoms with Crippen LogP contribution in [-0.4, -0.2) is 64.2 Å². The Bertz CT molecular complexity index is 523. The van der Waals surface area contributed by atoms with Gasteiger partial charge in [0.15, 0.2) is 5.96 Å². The van der Waals surface area contributed by atoms with Crippen LogP contribution in [0.3, 0.4) is 0 Å². The number of likely N-dealkylation sites (N-methyl/N-ethyl adjacent to an activating group) is 1. The van der Waals surface area contributed by atoms with Crippen LogP contribution in [0, 0.1) is 0 Å². The van der Waals surface area contributed by atoms with Crippen LogP contribution in [0.1, 0.15) is 31.7 Å². The fourth-order valence-electron chi connectivity index (χ4n) is 3.44. The quantitative estimate of drug-likeness (QED) is 0.431. The van der Waals surface area contributed by atoms with Gasteiger partial charge in [0, 0.05) is 46.0 Å². The number of guanidine groups is 1. The number of aryl methyl sites for hydroxylation is 1. The number of likely N-dealkylation sites (tertiary alicyclic amines) is 1. The molecule has 1 aliphatic rings. The van der Waals surface area contributed by atoms with Gasteiger partial charge in [-0.3, -0.25) is 9.89 Å². The Labute approximate surface area is 153 Å². The molecule has 1 saturated heterocycles. The fourth-order valence-corrected chi connectivity index (χ4v) is 3.44. The third-order valence-electron chi connectivity index (χ3n) is 5.02. The van der Waals surface area contributed by atoms with Gasteiger partial charge in [-0.1, -0.05) is 19.1 Å². The van der Waals surface area contributed by atoms with E-state index in [9.17, 15) is 0 Å². The minimum atomic E-state index is 0.652. The lowest BCUT2D eigenvalue weighted by molar-refractivity contribution is 0.267. The van der Waals surface area contributed by atoms with Crippen LogP contribution >= 0.6 is 0 Å². The van der Waals surface area contributed by atoms with E-state index < -0.39 is 0 Å². The van der Waals surface area contributed by atoms with E-state index in [4.69, 9.17) is 0 Å². The van der Waals surface area contributed by atoms with Gasteiger partial charge in [-0.15, -0.1) is 0 Å². The van der Waals surface area contributed by atoms with Crippen molar-refractivity contribution in [3.63, 3.8) is 0 Å². The Balaban J connectivity index is 1.65. The molecule has 1 fully saturated rings. The molecule has 1 aliphatic heterocycles. The van der Waals surface area contributed by atoms with Crippen molar-refractivity contribution in [1.82, 2.24) is 15.5 Å². The second-order valence-electron chi connectivity index (χ2n) is 6.97. The molecule has 0 radical (unpaired) electrons. The normalized spacial score (nSPS) is 18.4. The van der Waals surface area contributed by atoms with Crippen molar-refractivity contribution in [3.8, 4) is 0 Å². The molecule has 140 valence electrons. The number of hydrogen-bond acceptors (Lipinski definition) is 3. The minimum absolute atomic E-state index is 0.652. The topological polar surface area (TPSA) is 42.9 Å². The molecule has 0 bridgehead atoms. The minimum Gasteiger partial charge on any atom is -0.378 e. The molecule has 1 atom stereocenters. The lowest BCUT2D eigenvalue weighted by atomic mass is 10.1. The number of nitrogens with one attached hydrogen (secondary N) is 2. The number of rotatable bonds is 8. The molecule has 0 spiro atoms. The first-order valence-corrected chi connectivity index (χ1v) is 9.59. The van der Waals surface area contributed by atoms with E-state index in [2.05, 4.69) is 70.7 Å². The monoisotopic (exact) mass is 345 g/mol. The summed E-state index contributed by atoms with van der Waals surface area (Å²) >= 11 is 0. The zero-order chi connectivity index (χ0) is 18.1. The number of hydrogen-bond donors (Lipinski definition) is 2. The molecular formula is C20H35N5. The highest BCUT2D eigenvalue weighted by Crippen LogP contribution is 2.15. The van der Waals surface area contributed by atoms with Gasteiger partial charge in [-0.25, -0.2) is 0 Å². The largest absolute Gasteiger partial charge is 0.378 e. The van der Waals surface area contributed by atoms with Crippen LogP contribution in [0.15, 0.2) is 29.3 Å². The Kier molecular flexibility index (Phi) is 8.06. The first-order chi connectivity index (χ1) is 12.1. The lowest BCUT2D eigenvalue weighted by Crippen LogP contribution is -2.45. The highest BCUT2D eigenvalue weighted by molar-refractivity contribution is 5.79. The Hall–Kier alpha value is -1.75. The summed E-state index contributed by atoms with van der Waals surface area (Å²) in [5.41, 5.74) is 2.64. The molecular weight excluding hydrogens is 310 g/mol. The van der Waals surface area contributed by atoms with Gasteiger partial charge < -0.3 is 15.5 Å². The maximum Gasteiger partial charge on any atom is 0.191 e. The second-order valence-corrected chi connectivity index (χ2v) is 6.97. The molecule has 0 saturated carbocycles. The maximum atomic E-state index is 4.35. The van der Waals surface area contributed by atoms with Gasteiger partial charge in [-0.2, -0.15) is 0 Å². The van der Waals surface area contributed by atoms with Crippen LogP contribution in [0.2, 0.25) is 0 Å². The van der Waals surface area contributed by atoms with E-state index in [1.165, 1.54) is 30.6 Å². The molecule has 2 N–H and O–H groups in total. The third kappa shape index (κ3) is 6.24. The standard InChI is InChI=1S/C20H35N5/c1-5-25-15-7-9-19(25)16-23-20(21-2)22-14-6-8-17-10-12-18(13-11-17)24(3)4/h10-13,19H,5-9,14-16H2,1-4H3,(H2,21,22,23). The van der Waals surface area contributed by atoms with Gasteiger partial charge in [0.1, 0.15) is 0 Å². The summed E-state index contributed by atoms with van der Waals surface area (Å²) in [6.45, 7) is 6.56. The first kappa shape index (κ1) is 19.6. The van der Waals surface area contributed by atoms with Crippen LogP contribution in [0.4, 0.5) is 5.69 Å². The number of aliphatic imine (C=N–C) groups is 1. The van der Waals surface area contributed by atoms with Crippen molar-refractivity contribution in [1.29, 1.82) is 0 Å². The summed E-state index contributed by atoms with van der Waals surface area (Å²) in [5.74, 6) is 0.922. The fraction of sp³-hybridized carbons (Fsp3) is 0.650. The molecule has 1 heterocycles. The van der Waals surface area contributed by atoms with Crippen molar-refractivity contribution in [2.75, 3.05) is 52.2 Å². The van der Waals surface area contributed by atoms with Crippen LogP contribution in [-0.2, 0) is 6.42 Å². The van der Waals surface area contributed by atoms with Crippen LogP contribution in [0.5, 0.6) is 0 Å². The van der Waals surface area contributed by atoms with Crippen molar-refractivity contribution in [2.45, 2.75) is 38.6 Å². The van der Waals surface area contributed by atoms with Crippen molar-refractivity contribution < 1.29 is 0 Å². The van der Waals surface area contributed by atoms with Crippen molar-refractivity contribution in [3.05, 3.63) is 29.8 Å². The lowest BCUT2D eigenvalue weighted by Gasteiger charge is -2.24. The maximum absolute atomic E-state index is 4.35. The summed E-state index contributed by atoms with van der Waals surface area (Å²) in [6, 6.07) is 9.47. The summed E-state index contributed by atoms with van der Waals surface area (Å²) < 4.78 is 0. The molecule has 0 amide bonds. The molecule has 1 aromatic rings. The summed E-state index contributed by atoms with van der Waals surface area (Å²) in [4.78, 5) is 9.03. The Morgan fingerprint density at radius 1 is 1.24 bits per heavy atom. The van der Waals surface area contributed by atoms with Gasteiger partial charge >= 0.3 is 0 Å². The SMILES string of the molecule is CCN1CCCC1CNC(=NC)NCCCc1ccc(N(C)C)cc1. The molecule has 1 aromatic carbocycles. The summed E-state index contributed by atoms with van der Waals surface area (Å²) in [5, 5.41) is 6.92. The summed E-state index contributed by atoms with van der Waals surface area (Å²) in [7, 11) is 5.99. The Morgan fingerprint density at radius 2 is 2.00 bits per heavy atom. The zero-order valence-corrected chi connectivity index (χ0v) is 16.4. The van der Waals surface area contributed by atoms with E-state index in [1.54, 1.807) is 0 Å². The van der Waals surface area contributed by atoms with Gasteiger partial charge in [0.05, 0.1) is 0 Å². The van der Waals surface area contributed by atoms with E-state index in [0.29, 0.717) is 6.04 Å². The molecule has 5 nitrogen and oxygen atoms in total. The highest BCUT2D eigenvalue weighted by atomic mass is 15.2. The molecule has 2 rings (SSSR count). The second kappa shape index (κ2) is 10.3. The van der Waals surface area contributed by atoms with Crippen LogP contribution < -0.4 is 15.5 Å². The third-order valence-corrected chi connectivity index (χ3v) is 5.02. The number of benzene rings is 1. The predicted octanol–water partition coefficient (Wildman–Crippen LogP) is 2.33. The average molecular weight is 346 g/mol. The molecule has 0 aliphatic carbocycles. The van der Waals surface area contributed by atoms with Crippen LogP contribution in [0.25, 0.3) is 0 Å². The van der Waals surface area contributed by atoms with Crippen molar-refractivity contribution in [2.24, 2.45) is 4.99 Å². The highest BCUT2D eigenvalue weighted by Gasteiger charge is 2.22. The molecule has 25 heavy (non-hydrogen) atoms.